The lowest BCUT2D eigenvalue weighted by molar-refractivity contribution is -0.122. The molecule has 0 fully saturated rings. The molecule has 0 aliphatic heterocycles. The predicted molar refractivity (Wildman–Crippen MR) is 125 cm³/mol. The first-order valence-corrected chi connectivity index (χ1v) is 10.8. The molecule has 0 radical (unpaired) electrons. The fourth-order valence-electron chi connectivity index (χ4n) is 3.80. The number of carbonyl (C=O) groups excluding carboxylic acids is 1. The Balaban J connectivity index is 1.50. The highest BCUT2D eigenvalue weighted by atomic mass is 16.2. The molecule has 4 aromatic rings. The third-order valence-corrected chi connectivity index (χ3v) is 5.45. The Labute approximate surface area is 186 Å². The van der Waals surface area contributed by atoms with Crippen LogP contribution in [0.1, 0.15) is 30.2 Å². The Morgan fingerprint density at radius 2 is 1.69 bits per heavy atom. The van der Waals surface area contributed by atoms with E-state index >= 15 is 0 Å². The maximum atomic E-state index is 13.0. The standard InChI is InChI=1S/C26H26N4O2/c1-19(13-14-20-8-3-2-4-9-20)28-25(31)18-30-26(32)23-12-6-5-11-22(23)24(29-30)16-21-10-7-15-27-17-21/h2-12,15,17,19H,13-14,16,18H2,1H3,(H,28,31). The van der Waals surface area contributed by atoms with E-state index in [0.29, 0.717) is 11.8 Å². The molecule has 2 aromatic carbocycles. The van der Waals surface area contributed by atoms with Crippen LogP contribution < -0.4 is 10.9 Å². The molecule has 0 aliphatic rings. The van der Waals surface area contributed by atoms with Crippen LogP contribution in [0.4, 0.5) is 0 Å². The van der Waals surface area contributed by atoms with Crippen LogP contribution in [0.2, 0.25) is 0 Å². The molecule has 162 valence electrons. The van der Waals surface area contributed by atoms with Crippen molar-refractivity contribution in [2.45, 2.75) is 38.8 Å². The summed E-state index contributed by atoms with van der Waals surface area (Å²) in [5.74, 6) is -0.220. The van der Waals surface area contributed by atoms with Crippen molar-refractivity contribution in [2.75, 3.05) is 0 Å². The van der Waals surface area contributed by atoms with Gasteiger partial charge in [-0.1, -0.05) is 54.6 Å². The zero-order chi connectivity index (χ0) is 22.3. The summed E-state index contributed by atoms with van der Waals surface area (Å²) in [5, 5.41) is 8.91. The van der Waals surface area contributed by atoms with Gasteiger partial charge >= 0.3 is 0 Å². The zero-order valence-electron chi connectivity index (χ0n) is 18.1. The number of aryl methyl sites for hydroxylation is 1. The Hall–Kier alpha value is -3.80. The quantitative estimate of drug-likeness (QED) is 0.468. The summed E-state index contributed by atoms with van der Waals surface area (Å²) < 4.78 is 1.27. The summed E-state index contributed by atoms with van der Waals surface area (Å²) in [7, 11) is 0. The van der Waals surface area contributed by atoms with Gasteiger partial charge in [0.05, 0.1) is 11.1 Å². The number of amides is 1. The topological polar surface area (TPSA) is 76.9 Å². The van der Waals surface area contributed by atoms with Crippen LogP contribution in [0.5, 0.6) is 0 Å². The number of hydrogen-bond donors (Lipinski definition) is 1. The van der Waals surface area contributed by atoms with Gasteiger partial charge in [-0.2, -0.15) is 5.10 Å². The van der Waals surface area contributed by atoms with E-state index in [2.05, 4.69) is 27.5 Å². The molecule has 0 spiro atoms. The van der Waals surface area contributed by atoms with Gasteiger partial charge in [-0.15, -0.1) is 0 Å². The van der Waals surface area contributed by atoms with Crippen molar-refractivity contribution < 1.29 is 4.79 Å². The average Bonchev–Trinajstić information content (AvgIpc) is 2.82. The van der Waals surface area contributed by atoms with Gasteiger partial charge in [0.1, 0.15) is 6.54 Å². The molecular weight excluding hydrogens is 400 g/mol. The van der Waals surface area contributed by atoms with Crippen LogP contribution in [0.3, 0.4) is 0 Å². The highest BCUT2D eigenvalue weighted by Crippen LogP contribution is 2.16. The first-order chi connectivity index (χ1) is 15.6. The molecule has 6 heteroatoms. The average molecular weight is 427 g/mol. The van der Waals surface area contributed by atoms with E-state index in [0.717, 1.165) is 29.5 Å². The normalized spacial score (nSPS) is 11.9. The number of aromatic nitrogens is 3. The Morgan fingerprint density at radius 3 is 2.44 bits per heavy atom. The van der Waals surface area contributed by atoms with Crippen LogP contribution in [0.25, 0.3) is 10.8 Å². The lowest BCUT2D eigenvalue weighted by Gasteiger charge is -2.15. The number of nitrogens with one attached hydrogen (secondary N) is 1. The van der Waals surface area contributed by atoms with Crippen molar-refractivity contribution >= 4 is 16.7 Å². The first kappa shape index (κ1) is 21.4. The van der Waals surface area contributed by atoms with E-state index in [4.69, 9.17) is 0 Å². The van der Waals surface area contributed by atoms with E-state index in [1.807, 2.05) is 55.5 Å². The van der Waals surface area contributed by atoms with E-state index in [1.165, 1.54) is 10.2 Å². The van der Waals surface area contributed by atoms with Crippen LogP contribution in [-0.2, 0) is 24.2 Å². The summed E-state index contributed by atoms with van der Waals surface area (Å²) in [6.07, 6.45) is 5.74. The summed E-state index contributed by atoms with van der Waals surface area (Å²) >= 11 is 0. The van der Waals surface area contributed by atoms with Gasteiger partial charge in [0.15, 0.2) is 0 Å². The van der Waals surface area contributed by atoms with Gasteiger partial charge in [0.2, 0.25) is 5.91 Å². The number of hydrogen-bond acceptors (Lipinski definition) is 4. The summed E-state index contributed by atoms with van der Waals surface area (Å²) in [4.78, 5) is 29.8. The van der Waals surface area contributed by atoms with Crippen LogP contribution >= 0.6 is 0 Å². The SMILES string of the molecule is CC(CCc1ccccc1)NC(=O)Cn1nc(Cc2cccnc2)c2ccccc2c1=O. The Kier molecular flexibility index (Phi) is 6.70. The van der Waals surface area contributed by atoms with Crippen molar-refractivity contribution in [3.05, 3.63) is 106 Å². The molecule has 1 N–H and O–H groups in total. The van der Waals surface area contributed by atoms with Gasteiger partial charge in [-0.3, -0.25) is 14.6 Å². The van der Waals surface area contributed by atoms with Crippen molar-refractivity contribution in [1.82, 2.24) is 20.1 Å². The molecule has 2 aromatic heterocycles. The predicted octanol–water partition coefficient (Wildman–Crippen LogP) is 3.52. The zero-order valence-corrected chi connectivity index (χ0v) is 18.1. The van der Waals surface area contributed by atoms with Crippen molar-refractivity contribution in [1.29, 1.82) is 0 Å². The van der Waals surface area contributed by atoms with Gasteiger partial charge < -0.3 is 5.32 Å². The van der Waals surface area contributed by atoms with Gasteiger partial charge in [-0.25, -0.2) is 4.68 Å². The van der Waals surface area contributed by atoms with Crippen LogP contribution in [-0.4, -0.2) is 26.7 Å². The number of nitrogens with zero attached hydrogens (tertiary/aromatic N) is 3. The largest absolute Gasteiger partial charge is 0.352 e. The molecule has 4 rings (SSSR count). The molecule has 0 saturated carbocycles. The summed E-state index contributed by atoms with van der Waals surface area (Å²) in [6.45, 7) is 1.87. The molecule has 0 aliphatic carbocycles. The third kappa shape index (κ3) is 5.27. The molecule has 6 nitrogen and oxygen atoms in total. The monoisotopic (exact) mass is 426 g/mol. The second-order valence-corrected chi connectivity index (χ2v) is 7.99. The van der Waals surface area contributed by atoms with E-state index in [-0.39, 0.29) is 24.1 Å². The van der Waals surface area contributed by atoms with E-state index in [1.54, 1.807) is 18.5 Å². The molecule has 1 atom stereocenters. The molecule has 32 heavy (non-hydrogen) atoms. The highest BCUT2D eigenvalue weighted by molar-refractivity contribution is 5.84. The van der Waals surface area contributed by atoms with Crippen LogP contribution in [0.15, 0.2) is 83.9 Å². The Bertz CT molecular complexity index is 1250. The first-order valence-electron chi connectivity index (χ1n) is 10.8. The van der Waals surface area contributed by atoms with Crippen LogP contribution in [0, 0.1) is 0 Å². The van der Waals surface area contributed by atoms with Gasteiger partial charge in [0, 0.05) is 30.2 Å². The van der Waals surface area contributed by atoms with E-state index < -0.39 is 0 Å². The van der Waals surface area contributed by atoms with Crippen molar-refractivity contribution in [3.63, 3.8) is 0 Å². The molecule has 1 amide bonds. The fraction of sp³-hybridized carbons (Fsp3) is 0.231. The number of rotatable bonds is 8. The number of carbonyl (C=O) groups is 1. The minimum Gasteiger partial charge on any atom is -0.352 e. The van der Waals surface area contributed by atoms with Gasteiger partial charge in [0.25, 0.3) is 5.56 Å². The van der Waals surface area contributed by atoms with Crippen molar-refractivity contribution in [2.24, 2.45) is 0 Å². The molecule has 0 saturated heterocycles. The maximum absolute atomic E-state index is 13.0. The third-order valence-electron chi connectivity index (χ3n) is 5.45. The lowest BCUT2D eigenvalue weighted by Crippen LogP contribution is -2.38. The number of benzene rings is 2. The second-order valence-electron chi connectivity index (χ2n) is 7.99. The van der Waals surface area contributed by atoms with E-state index in [9.17, 15) is 9.59 Å². The minimum absolute atomic E-state index is 0.00581. The number of pyridine rings is 1. The summed E-state index contributed by atoms with van der Waals surface area (Å²) in [5.41, 5.74) is 2.72. The molecule has 1 unspecified atom stereocenters. The maximum Gasteiger partial charge on any atom is 0.275 e. The highest BCUT2D eigenvalue weighted by Gasteiger charge is 2.15. The van der Waals surface area contributed by atoms with Crippen molar-refractivity contribution in [3.8, 4) is 0 Å². The minimum atomic E-state index is -0.261. The molecular formula is C26H26N4O2. The van der Waals surface area contributed by atoms with Gasteiger partial charge in [-0.05, 0) is 43.0 Å². The number of fused-ring (bicyclic) bond motifs is 1. The lowest BCUT2D eigenvalue weighted by atomic mass is 10.1. The second kappa shape index (κ2) is 10.0. The molecule has 2 heterocycles. The summed E-state index contributed by atoms with van der Waals surface area (Å²) in [6, 6.07) is 21.4. The smallest absolute Gasteiger partial charge is 0.275 e. The fourth-order valence-corrected chi connectivity index (χ4v) is 3.80. The molecule has 0 bridgehead atoms. The Morgan fingerprint density at radius 1 is 0.969 bits per heavy atom.